The third-order valence-electron chi connectivity index (χ3n) is 9.24. The Bertz CT molecular complexity index is 1520. The number of halogens is 1. The predicted molar refractivity (Wildman–Crippen MR) is 198 cm³/mol. The number of amides is 1. The summed E-state index contributed by atoms with van der Waals surface area (Å²) in [5, 5.41) is 10.0. The molecule has 3 heterocycles. The van der Waals surface area contributed by atoms with Crippen LogP contribution in [-0.2, 0) is 11.3 Å². The molecule has 0 bridgehead atoms. The lowest BCUT2D eigenvalue weighted by molar-refractivity contribution is -0.122. The number of carbonyl (C=O) groups is 1. The van der Waals surface area contributed by atoms with Crippen LogP contribution in [0.4, 0.5) is 15.9 Å². The fourth-order valence-electron chi connectivity index (χ4n) is 6.46. The molecule has 1 amide bonds. The van der Waals surface area contributed by atoms with Crippen molar-refractivity contribution >= 4 is 51.8 Å². The normalized spacial score (nSPS) is 16.1. The SMILES string of the molecule is CCCCCCCCCCCCN1C(=O)/C(=C\c2c(C)c(C#N)c(=O)n(CCCC)c2N2CCN(c3ccccc3F)CC2)SC1=S. The van der Waals surface area contributed by atoms with Gasteiger partial charge in [0, 0.05) is 44.8 Å². The van der Waals surface area contributed by atoms with Crippen LogP contribution in [0.2, 0.25) is 0 Å². The Morgan fingerprint density at radius 1 is 0.872 bits per heavy atom. The second-order valence-corrected chi connectivity index (χ2v) is 14.3. The number of thiocarbonyl (C=S) groups is 1. The maximum atomic E-state index is 14.6. The van der Waals surface area contributed by atoms with Crippen molar-refractivity contribution in [3.05, 3.63) is 62.0 Å². The van der Waals surface area contributed by atoms with Gasteiger partial charge in [-0.3, -0.25) is 19.1 Å². The number of hydrogen-bond acceptors (Lipinski definition) is 7. The van der Waals surface area contributed by atoms with Gasteiger partial charge in [-0.1, -0.05) is 114 Å². The lowest BCUT2D eigenvalue weighted by Crippen LogP contribution is -2.49. The second kappa shape index (κ2) is 18.4. The quantitative estimate of drug-likeness (QED) is 0.0945. The molecule has 2 saturated heterocycles. The van der Waals surface area contributed by atoms with Gasteiger partial charge in [0.25, 0.3) is 11.5 Å². The average Bonchev–Trinajstić information content (AvgIpc) is 3.34. The monoisotopic (exact) mass is 679 g/mol. The largest absolute Gasteiger partial charge is 0.366 e. The van der Waals surface area contributed by atoms with E-state index in [1.807, 2.05) is 17.0 Å². The minimum atomic E-state index is -0.310. The number of para-hydroxylation sites is 1. The van der Waals surface area contributed by atoms with Gasteiger partial charge in [-0.05, 0) is 43.5 Å². The van der Waals surface area contributed by atoms with Crippen molar-refractivity contribution in [3.8, 4) is 6.07 Å². The summed E-state index contributed by atoms with van der Waals surface area (Å²) in [7, 11) is 0. The highest BCUT2D eigenvalue weighted by molar-refractivity contribution is 8.26. The van der Waals surface area contributed by atoms with E-state index in [-0.39, 0.29) is 22.8 Å². The van der Waals surface area contributed by atoms with Crippen LogP contribution in [0.3, 0.4) is 0 Å². The number of unbranched alkanes of at least 4 members (excludes halogenated alkanes) is 10. The maximum Gasteiger partial charge on any atom is 0.270 e. The molecular formula is C37H50FN5O2S2. The number of benzene rings is 1. The molecule has 7 nitrogen and oxygen atoms in total. The highest BCUT2D eigenvalue weighted by Crippen LogP contribution is 2.36. The number of nitriles is 1. The minimum absolute atomic E-state index is 0.0990. The van der Waals surface area contributed by atoms with E-state index in [9.17, 15) is 19.2 Å². The summed E-state index contributed by atoms with van der Waals surface area (Å²) in [5.41, 5.74) is 1.63. The predicted octanol–water partition coefficient (Wildman–Crippen LogP) is 8.42. The van der Waals surface area contributed by atoms with E-state index < -0.39 is 0 Å². The van der Waals surface area contributed by atoms with Crippen LogP contribution in [0.5, 0.6) is 0 Å². The Kier molecular flexibility index (Phi) is 14.4. The van der Waals surface area contributed by atoms with Crippen molar-refractivity contribution in [3.63, 3.8) is 0 Å². The summed E-state index contributed by atoms with van der Waals surface area (Å²) in [4.78, 5) is 33.8. The molecule has 0 N–H and O–H groups in total. The number of piperazine rings is 1. The Morgan fingerprint density at radius 2 is 1.47 bits per heavy atom. The van der Waals surface area contributed by atoms with Gasteiger partial charge in [-0.2, -0.15) is 5.26 Å². The lowest BCUT2D eigenvalue weighted by Gasteiger charge is -2.39. The zero-order valence-electron chi connectivity index (χ0n) is 28.4. The molecule has 10 heteroatoms. The van der Waals surface area contributed by atoms with Crippen molar-refractivity contribution in [1.29, 1.82) is 5.26 Å². The number of pyridine rings is 1. The van der Waals surface area contributed by atoms with Crippen molar-refractivity contribution < 1.29 is 9.18 Å². The van der Waals surface area contributed by atoms with Gasteiger partial charge in [0.2, 0.25) is 0 Å². The van der Waals surface area contributed by atoms with Crippen LogP contribution in [0.1, 0.15) is 108 Å². The zero-order chi connectivity index (χ0) is 33.8. The van der Waals surface area contributed by atoms with Crippen LogP contribution in [0.15, 0.2) is 34.0 Å². The number of anilines is 2. The number of rotatable bonds is 17. The molecule has 2 aliphatic rings. The van der Waals surface area contributed by atoms with E-state index in [0.717, 1.165) is 25.7 Å². The molecule has 0 atom stereocenters. The summed E-state index contributed by atoms with van der Waals surface area (Å²) in [6.45, 7) is 9.43. The number of carbonyl (C=O) groups excluding carboxylic acids is 1. The molecule has 2 aromatic rings. The fraction of sp³-hybridized carbons (Fsp3) is 0.568. The standard InChI is InChI=1S/C37H50FN5O2S2/c1-4-6-8-9-10-11-12-13-14-17-21-43-36(45)33(47-37(43)46)26-29-28(3)30(27-39)35(44)42(20-7-5-2)34(29)41-24-22-40(23-25-41)32-19-16-15-18-31(32)38/h15-16,18-19,26H,4-14,17,20-25H2,1-3H3/b33-26+. The number of nitrogens with zero attached hydrogens (tertiary/aromatic N) is 5. The van der Waals surface area contributed by atoms with Crippen LogP contribution in [0.25, 0.3) is 6.08 Å². The average molecular weight is 680 g/mol. The zero-order valence-corrected chi connectivity index (χ0v) is 30.0. The molecule has 4 rings (SSSR count). The first kappa shape index (κ1) is 36.7. The third-order valence-corrected chi connectivity index (χ3v) is 10.6. The molecule has 2 aliphatic heterocycles. The third kappa shape index (κ3) is 9.26. The van der Waals surface area contributed by atoms with E-state index >= 15 is 0 Å². The fourth-order valence-corrected chi connectivity index (χ4v) is 7.75. The molecule has 254 valence electrons. The Hall–Kier alpha value is -3.16. The summed E-state index contributed by atoms with van der Waals surface area (Å²) < 4.78 is 16.8. The summed E-state index contributed by atoms with van der Waals surface area (Å²) in [6, 6.07) is 8.92. The van der Waals surface area contributed by atoms with Gasteiger partial charge in [0.05, 0.1) is 10.6 Å². The van der Waals surface area contributed by atoms with E-state index in [1.165, 1.54) is 69.2 Å². The van der Waals surface area contributed by atoms with E-state index in [1.54, 1.807) is 28.5 Å². The Balaban J connectivity index is 1.53. The van der Waals surface area contributed by atoms with Crippen molar-refractivity contribution in [2.24, 2.45) is 0 Å². The van der Waals surface area contributed by atoms with Crippen LogP contribution < -0.4 is 15.4 Å². The minimum Gasteiger partial charge on any atom is -0.366 e. The molecule has 0 saturated carbocycles. The van der Waals surface area contributed by atoms with Gasteiger partial charge in [0.1, 0.15) is 27.6 Å². The van der Waals surface area contributed by atoms with Gasteiger partial charge in [0.15, 0.2) is 0 Å². The summed E-state index contributed by atoms with van der Waals surface area (Å²) in [5.74, 6) is 0.346. The molecule has 2 fully saturated rings. The molecule has 0 radical (unpaired) electrons. The highest BCUT2D eigenvalue weighted by atomic mass is 32.2. The molecule has 47 heavy (non-hydrogen) atoms. The van der Waals surface area contributed by atoms with Crippen LogP contribution >= 0.6 is 24.0 Å². The molecule has 0 aliphatic carbocycles. The van der Waals surface area contributed by atoms with Gasteiger partial charge in [-0.25, -0.2) is 4.39 Å². The summed E-state index contributed by atoms with van der Waals surface area (Å²) in [6.07, 6.45) is 15.7. The molecule has 1 aromatic heterocycles. The van der Waals surface area contributed by atoms with Gasteiger partial charge < -0.3 is 9.80 Å². The van der Waals surface area contributed by atoms with Crippen molar-refractivity contribution in [2.45, 2.75) is 104 Å². The molecule has 0 spiro atoms. The smallest absolute Gasteiger partial charge is 0.270 e. The molecule has 1 aromatic carbocycles. The molecular weight excluding hydrogens is 630 g/mol. The van der Waals surface area contributed by atoms with Crippen molar-refractivity contribution in [1.82, 2.24) is 9.47 Å². The number of hydrogen-bond donors (Lipinski definition) is 0. The number of aromatic nitrogens is 1. The molecule has 0 unspecified atom stereocenters. The maximum absolute atomic E-state index is 14.6. The topological polar surface area (TPSA) is 72.6 Å². The Morgan fingerprint density at radius 3 is 2.09 bits per heavy atom. The van der Waals surface area contributed by atoms with E-state index in [4.69, 9.17) is 12.2 Å². The summed E-state index contributed by atoms with van der Waals surface area (Å²) >= 11 is 6.96. The Labute approximate surface area is 289 Å². The number of thioether (sulfide) groups is 1. The first-order chi connectivity index (χ1) is 22.8. The lowest BCUT2D eigenvalue weighted by atomic mass is 10.0. The second-order valence-electron chi connectivity index (χ2n) is 12.6. The highest BCUT2D eigenvalue weighted by Gasteiger charge is 2.33. The first-order valence-electron chi connectivity index (χ1n) is 17.5. The van der Waals surface area contributed by atoms with Crippen molar-refractivity contribution in [2.75, 3.05) is 42.5 Å². The van der Waals surface area contributed by atoms with Crippen LogP contribution in [-0.4, -0.2) is 52.4 Å². The van der Waals surface area contributed by atoms with E-state index in [2.05, 4.69) is 24.8 Å². The van der Waals surface area contributed by atoms with Gasteiger partial charge in [-0.15, -0.1) is 0 Å². The van der Waals surface area contributed by atoms with Gasteiger partial charge >= 0.3 is 0 Å². The first-order valence-corrected chi connectivity index (χ1v) is 18.7. The van der Waals surface area contributed by atoms with Crippen LogP contribution in [0, 0.1) is 24.1 Å². The van der Waals surface area contributed by atoms with E-state index in [0.29, 0.717) is 71.1 Å².